The van der Waals surface area contributed by atoms with E-state index in [1.165, 1.54) is 5.56 Å². The lowest BCUT2D eigenvalue weighted by Crippen LogP contribution is -2.13. The summed E-state index contributed by atoms with van der Waals surface area (Å²) in [4.78, 5) is 0. The summed E-state index contributed by atoms with van der Waals surface area (Å²) in [5.74, 6) is 0.821. The Kier molecular flexibility index (Phi) is 3.10. The van der Waals surface area contributed by atoms with Gasteiger partial charge in [0.15, 0.2) is 0 Å². The summed E-state index contributed by atoms with van der Waals surface area (Å²) in [6.45, 7) is 2.14. The van der Waals surface area contributed by atoms with Crippen molar-refractivity contribution < 1.29 is 4.42 Å². The summed E-state index contributed by atoms with van der Waals surface area (Å²) < 4.78 is 5.86. The average Bonchev–Trinajstić information content (AvgIpc) is 2.90. The number of furan rings is 1. The van der Waals surface area contributed by atoms with Gasteiger partial charge in [0.2, 0.25) is 0 Å². The topological polar surface area (TPSA) is 39.2 Å². The number of fused-ring (bicyclic) bond motifs is 1. The number of hydrogen-bond acceptors (Lipinski definition) is 2. The zero-order valence-electron chi connectivity index (χ0n) is 11.0. The molecule has 0 spiro atoms. The molecular formula is C17H17NO. The summed E-state index contributed by atoms with van der Waals surface area (Å²) in [5.41, 5.74) is 9.67. The fraction of sp³-hybridized carbons (Fsp3) is 0.176. The molecule has 96 valence electrons. The molecule has 0 fully saturated rings. The summed E-state index contributed by atoms with van der Waals surface area (Å²) in [5, 5.41) is 1.10. The van der Waals surface area contributed by atoms with Crippen LogP contribution in [0.1, 0.15) is 29.9 Å². The number of aryl methyl sites for hydroxylation is 1. The van der Waals surface area contributed by atoms with Crippen LogP contribution in [0.2, 0.25) is 0 Å². The molecule has 0 saturated carbocycles. The van der Waals surface area contributed by atoms with Gasteiger partial charge in [0.25, 0.3) is 0 Å². The molecule has 0 aliphatic rings. The van der Waals surface area contributed by atoms with E-state index in [4.69, 9.17) is 10.2 Å². The lowest BCUT2D eigenvalue weighted by Gasteiger charge is -2.13. The molecule has 3 rings (SSSR count). The van der Waals surface area contributed by atoms with Crippen LogP contribution < -0.4 is 5.73 Å². The summed E-state index contributed by atoms with van der Waals surface area (Å²) in [7, 11) is 0. The molecule has 0 saturated heterocycles. The molecule has 1 unspecified atom stereocenters. The van der Waals surface area contributed by atoms with Crippen molar-refractivity contribution >= 4 is 11.0 Å². The van der Waals surface area contributed by atoms with E-state index in [0.29, 0.717) is 0 Å². The fourth-order valence-corrected chi connectivity index (χ4v) is 2.47. The minimum Gasteiger partial charge on any atom is -0.459 e. The standard InChI is InChI=1S/C17H17NO/c1-2-12-7-3-5-9-14(12)17(18)16-11-13-8-4-6-10-15(13)19-16/h3-11,17H,2,18H2,1H3. The quantitative estimate of drug-likeness (QED) is 0.763. The third kappa shape index (κ3) is 2.15. The van der Waals surface area contributed by atoms with Crippen molar-refractivity contribution in [1.82, 2.24) is 0 Å². The maximum atomic E-state index is 6.36. The van der Waals surface area contributed by atoms with Crippen molar-refractivity contribution in [2.24, 2.45) is 5.73 Å². The molecule has 2 N–H and O–H groups in total. The van der Waals surface area contributed by atoms with Gasteiger partial charge >= 0.3 is 0 Å². The first-order chi connectivity index (χ1) is 9.29. The van der Waals surface area contributed by atoms with Gasteiger partial charge < -0.3 is 10.2 Å². The molecule has 1 heterocycles. The van der Waals surface area contributed by atoms with Crippen LogP contribution in [0.15, 0.2) is 59.0 Å². The molecule has 19 heavy (non-hydrogen) atoms. The molecule has 1 aromatic heterocycles. The Labute approximate surface area is 112 Å². The number of nitrogens with two attached hydrogens (primary N) is 1. The van der Waals surface area contributed by atoms with Gasteiger partial charge in [-0.1, -0.05) is 49.4 Å². The Morgan fingerprint density at radius 1 is 1.05 bits per heavy atom. The molecule has 0 radical (unpaired) electrons. The second-order valence-corrected chi connectivity index (χ2v) is 4.72. The molecule has 1 atom stereocenters. The maximum absolute atomic E-state index is 6.36. The Morgan fingerprint density at radius 3 is 2.58 bits per heavy atom. The smallest absolute Gasteiger partial charge is 0.134 e. The second-order valence-electron chi connectivity index (χ2n) is 4.72. The minimum absolute atomic E-state index is 0.205. The van der Waals surface area contributed by atoms with E-state index in [0.717, 1.165) is 28.7 Å². The first-order valence-corrected chi connectivity index (χ1v) is 6.61. The van der Waals surface area contributed by atoms with Gasteiger partial charge in [0.1, 0.15) is 11.3 Å². The molecular weight excluding hydrogens is 234 g/mol. The van der Waals surface area contributed by atoms with Crippen LogP contribution in [0.25, 0.3) is 11.0 Å². The number of hydrogen-bond donors (Lipinski definition) is 1. The number of rotatable bonds is 3. The van der Waals surface area contributed by atoms with E-state index in [-0.39, 0.29) is 6.04 Å². The van der Waals surface area contributed by atoms with Crippen LogP contribution in [-0.2, 0) is 6.42 Å². The molecule has 0 aliphatic carbocycles. The molecule has 2 aromatic carbocycles. The molecule has 2 nitrogen and oxygen atoms in total. The predicted molar refractivity (Wildman–Crippen MR) is 78.1 cm³/mol. The van der Waals surface area contributed by atoms with E-state index < -0.39 is 0 Å². The van der Waals surface area contributed by atoms with Gasteiger partial charge in [-0.15, -0.1) is 0 Å². The van der Waals surface area contributed by atoms with E-state index in [9.17, 15) is 0 Å². The van der Waals surface area contributed by atoms with E-state index in [1.807, 2.05) is 42.5 Å². The zero-order chi connectivity index (χ0) is 13.2. The van der Waals surface area contributed by atoms with E-state index in [1.54, 1.807) is 0 Å². The van der Waals surface area contributed by atoms with Crippen molar-refractivity contribution in [3.8, 4) is 0 Å². The molecule has 0 aliphatic heterocycles. The Bertz CT molecular complexity index is 666. The van der Waals surface area contributed by atoms with Gasteiger partial charge in [-0.05, 0) is 29.7 Å². The lowest BCUT2D eigenvalue weighted by molar-refractivity contribution is 0.524. The van der Waals surface area contributed by atoms with Crippen LogP contribution in [0.4, 0.5) is 0 Å². The van der Waals surface area contributed by atoms with Crippen LogP contribution in [-0.4, -0.2) is 0 Å². The van der Waals surface area contributed by atoms with E-state index in [2.05, 4.69) is 19.1 Å². The van der Waals surface area contributed by atoms with Crippen LogP contribution >= 0.6 is 0 Å². The SMILES string of the molecule is CCc1ccccc1C(N)c1cc2ccccc2o1. The molecule has 0 amide bonds. The van der Waals surface area contributed by atoms with Crippen LogP contribution in [0.5, 0.6) is 0 Å². The summed E-state index contributed by atoms with van der Waals surface area (Å²) in [6, 6.07) is 18.1. The van der Waals surface area contributed by atoms with E-state index >= 15 is 0 Å². The highest BCUT2D eigenvalue weighted by Crippen LogP contribution is 2.28. The molecule has 2 heteroatoms. The predicted octanol–water partition coefficient (Wildman–Crippen LogP) is 4.04. The maximum Gasteiger partial charge on any atom is 0.134 e. The first-order valence-electron chi connectivity index (χ1n) is 6.61. The van der Waals surface area contributed by atoms with Gasteiger partial charge in [0.05, 0.1) is 6.04 Å². The highest BCUT2D eigenvalue weighted by molar-refractivity contribution is 5.78. The highest BCUT2D eigenvalue weighted by Gasteiger charge is 2.16. The minimum atomic E-state index is -0.205. The van der Waals surface area contributed by atoms with Gasteiger partial charge in [-0.3, -0.25) is 0 Å². The third-order valence-corrected chi connectivity index (χ3v) is 3.52. The van der Waals surface area contributed by atoms with Crippen molar-refractivity contribution in [2.45, 2.75) is 19.4 Å². The van der Waals surface area contributed by atoms with Crippen molar-refractivity contribution in [1.29, 1.82) is 0 Å². The lowest BCUT2D eigenvalue weighted by atomic mass is 9.97. The van der Waals surface area contributed by atoms with Gasteiger partial charge in [0, 0.05) is 5.39 Å². The van der Waals surface area contributed by atoms with Crippen molar-refractivity contribution in [3.63, 3.8) is 0 Å². The Morgan fingerprint density at radius 2 is 1.79 bits per heavy atom. The average molecular weight is 251 g/mol. The largest absolute Gasteiger partial charge is 0.459 e. The number of para-hydroxylation sites is 1. The third-order valence-electron chi connectivity index (χ3n) is 3.52. The number of benzene rings is 2. The van der Waals surface area contributed by atoms with Crippen LogP contribution in [0, 0.1) is 0 Å². The van der Waals surface area contributed by atoms with Gasteiger partial charge in [-0.25, -0.2) is 0 Å². The molecule has 0 bridgehead atoms. The van der Waals surface area contributed by atoms with Crippen molar-refractivity contribution in [3.05, 3.63) is 71.5 Å². The zero-order valence-corrected chi connectivity index (χ0v) is 11.0. The highest BCUT2D eigenvalue weighted by atomic mass is 16.3. The van der Waals surface area contributed by atoms with Crippen molar-refractivity contribution in [2.75, 3.05) is 0 Å². The summed E-state index contributed by atoms with van der Waals surface area (Å²) >= 11 is 0. The van der Waals surface area contributed by atoms with Crippen LogP contribution in [0.3, 0.4) is 0 Å². The first kappa shape index (κ1) is 12.0. The fourth-order valence-electron chi connectivity index (χ4n) is 2.47. The second kappa shape index (κ2) is 4.90. The summed E-state index contributed by atoms with van der Waals surface area (Å²) in [6.07, 6.45) is 0.976. The normalized spacial score (nSPS) is 12.7. The Balaban J connectivity index is 2.05. The van der Waals surface area contributed by atoms with Gasteiger partial charge in [-0.2, -0.15) is 0 Å². The monoisotopic (exact) mass is 251 g/mol. The molecule has 3 aromatic rings. The Hall–Kier alpha value is -2.06.